The van der Waals surface area contributed by atoms with E-state index in [0.717, 1.165) is 5.69 Å². The molecule has 0 atom stereocenters. The molecule has 0 unspecified atom stereocenters. The molecule has 0 bridgehead atoms. The van der Waals surface area contributed by atoms with Crippen LogP contribution in [0.15, 0.2) is 39.6 Å². The summed E-state index contributed by atoms with van der Waals surface area (Å²) in [6, 6.07) is 7.82. The van der Waals surface area contributed by atoms with Crippen LogP contribution in [-0.2, 0) is 17.8 Å². The Morgan fingerprint density at radius 1 is 1.20 bits per heavy atom. The van der Waals surface area contributed by atoms with Gasteiger partial charge in [0.15, 0.2) is 0 Å². The minimum atomic E-state index is -5.08. The summed E-state index contributed by atoms with van der Waals surface area (Å²) in [5.74, 6) is -2.41. The van der Waals surface area contributed by atoms with Crippen LogP contribution in [0.2, 0.25) is 0 Å². The Bertz CT molecular complexity index is 1090. The van der Waals surface area contributed by atoms with Crippen LogP contribution in [0.25, 0.3) is 11.4 Å². The highest BCUT2D eigenvalue weighted by molar-refractivity contribution is 5.73. The first-order valence-corrected chi connectivity index (χ1v) is 8.41. The number of benzene rings is 1. The normalized spacial score (nSPS) is 11.0. The molecule has 2 heterocycles. The number of aliphatic carboxylic acids is 1. The lowest BCUT2D eigenvalue weighted by molar-refractivity contribution is -0.192. The van der Waals surface area contributed by atoms with Gasteiger partial charge in [0.1, 0.15) is 5.82 Å². The summed E-state index contributed by atoms with van der Waals surface area (Å²) in [4.78, 5) is 28.9. The number of rotatable bonds is 4. The smallest absolute Gasteiger partial charge is 0.475 e. The summed E-state index contributed by atoms with van der Waals surface area (Å²) in [7, 11) is 0. The van der Waals surface area contributed by atoms with Gasteiger partial charge >= 0.3 is 17.8 Å². The van der Waals surface area contributed by atoms with E-state index >= 15 is 0 Å². The number of alkyl halides is 3. The molecule has 0 aliphatic carbocycles. The molecule has 12 heteroatoms. The molecule has 2 aromatic heterocycles. The second kappa shape index (κ2) is 9.29. The predicted molar refractivity (Wildman–Crippen MR) is 95.1 cm³/mol. The first-order chi connectivity index (χ1) is 14.0. The fourth-order valence-corrected chi connectivity index (χ4v) is 2.36. The fourth-order valence-electron chi connectivity index (χ4n) is 2.36. The average Bonchev–Trinajstić information content (AvgIpc) is 3.09. The summed E-state index contributed by atoms with van der Waals surface area (Å²) < 4.78 is 51.7. The van der Waals surface area contributed by atoms with Crippen molar-refractivity contribution in [2.45, 2.75) is 33.0 Å². The fraction of sp³-hybridized carbons (Fsp3) is 0.278. The van der Waals surface area contributed by atoms with Crippen molar-refractivity contribution in [3.63, 3.8) is 0 Å². The lowest BCUT2D eigenvalue weighted by Gasteiger charge is -2.07. The highest BCUT2D eigenvalue weighted by Gasteiger charge is 2.38. The van der Waals surface area contributed by atoms with Gasteiger partial charge in [-0.25, -0.2) is 14.0 Å². The summed E-state index contributed by atoms with van der Waals surface area (Å²) in [5, 5.41) is 11.0. The Hall–Kier alpha value is -3.57. The molecule has 0 saturated carbocycles. The number of carboxylic acids is 1. The Morgan fingerprint density at radius 2 is 1.87 bits per heavy atom. The third-order valence-corrected chi connectivity index (χ3v) is 3.69. The molecule has 0 fully saturated rings. The maximum absolute atomic E-state index is 13.2. The second-order valence-corrected chi connectivity index (χ2v) is 6.05. The van der Waals surface area contributed by atoms with Crippen molar-refractivity contribution in [2.75, 3.05) is 0 Å². The molecule has 1 aromatic carbocycles. The number of aromatic nitrogens is 4. The molecule has 160 valence electrons. The molecule has 0 saturated heterocycles. The van der Waals surface area contributed by atoms with E-state index in [9.17, 15) is 22.4 Å². The standard InChI is InChI=1S/C16H15FN4O2.C2HF3O2/c1-10-8-11(2)21(16(22)18-10)7-6-14-19-15(20-23-14)12-4-3-5-13(17)9-12;3-2(4,5)1(6)7/h3-5,8-9H,6-7H2,1-2H3;(H,6,7). The zero-order valence-electron chi connectivity index (χ0n) is 15.8. The van der Waals surface area contributed by atoms with Crippen LogP contribution in [0.3, 0.4) is 0 Å². The maximum atomic E-state index is 13.2. The third-order valence-electron chi connectivity index (χ3n) is 3.69. The second-order valence-electron chi connectivity index (χ2n) is 6.05. The molecule has 3 aromatic rings. The number of carboxylic acid groups (broad SMARTS) is 1. The van der Waals surface area contributed by atoms with Crippen LogP contribution in [-0.4, -0.2) is 36.9 Å². The molecule has 3 rings (SSSR count). The van der Waals surface area contributed by atoms with E-state index in [1.807, 2.05) is 13.0 Å². The summed E-state index contributed by atoms with van der Waals surface area (Å²) in [6.07, 6.45) is -4.69. The van der Waals surface area contributed by atoms with Crippen molar-refractivity contribution in [1.82, 2.24) is 19.7 Å². The van der Waals surface area contributed by atoms with E-state index in [0.29, 0.717) is 35.9 Å². The first kappa shape index (κ1) is 22.7. The highest BCUT2D eigenvalue weighted by atomic mass is 19.4. The van der Waals surface area contributed by atoms with Gasteiger partial charge in [-0.3, -0.25) is 4.57 Å². The van der Waals surface area contributed by atoms with E-state index in [4.69, 9.17) is 14.4 Å². The summed E-state index contributed by atoms with van der Waals surface area (Å²) in [6.45, 7) is 4.02. The Labute approximate surface area is 166 Å². The van der Waals surface area contributed by atoms with Crippen molar-refractivity contribution >= 4 is 5.97 Å². The van der Waals surface area contributed by atoms with Crippen molar-refractivity contribution in [3.05, 3.63) is 63.9 Å². The topological polar surface area (TPSA) is 111 Å². The van der Waals surface area contributed by atoms with Gasteiger partial charge in [-0.2, -0.15) is 23.1 Å². The molecule has 0 spiro atoms. The molecule has 30 heavy (non-hydrogen) atoms. The van der Waals surface area contributed by atoms with Gasteiger partial charge in [0.2, 0.25) is 11.7 Å². The van der Waals surface area contributed by atoms with Crippen molar-refractivity contribution in [2.24, 2.45) is 0 Å². The molecular formula is C18H16F4N4O4. The quantitative estimate of drug-likeness (QED) is 0.636. The Morgan fingerprint density at radius 3 is 2.43 bits per heavy atom. The molecule has 0 amide bonds. The molecule has 1 N–H and O–H groups in total. The lowest BCUT2D eigenvalue weighted by atomic mass is 10.2. The van der Waals surface area contributed by atoms with Gasteiger partial charge in [-0.15, -0.1) is 0 Å². The first-order valence-electron chi connectivity index (χ1n) is 8.41. The van der Waals surface area contributed by atoms with E-state index < -0.39 is 12.1 Å². The number of hydrogen-bond acceptors (Lipinski definition) is 6. The maximum Gasteiger partial charge on any atom is 0.490 e. The average molecular weight is 428 g/mol. The molecule has 8 nitrogen and oxygen atoms in total. The van der Waals surface area contributed by atoms with E-state index in [2.05, 4.69) is 15.1 Å². The molecular weight excluding hydrogens is 412 g/mol. The van der Waals surface area contributed by atoms with Crippen LogP contribution < -0.4 is 5.69 Å². The number of aryl methyl sites for hydroxylation is 3. The van der Waals surface area contributed by atoms with Crippen LogP contribution in [0.1, 0.15) is 17.3 Å². The van der Waals surface area contributed by atoms with E-state index in [1.165, 1.54) is 12.1 Å². The SMILES string of the molecule is Cc1cc(C)n(CCc2nc(-c3cccc(F)c3)no2)c(=O)n1.O=C(O)C(F)(F)F. The number of carbonyl (C=O) groups is 1. The zero-order valence-corrected chi connectivity index (χ0v) is 15.8. The minimum Gasteiger partial charge on any atom is -0.475 e. The number of hydrogen-bond donors (Lipinski definition) is 1. The minimum absolute atomic E-state index is 0.299. The third kappa shape index (κ3) is 6.22. The van der Waals surface area contributed by atoms with Crippen molar-refractivity contribution < 1.29 is 32.0 Å². The molecule has 0 aliphatic heterocycles. The monoisotopic (exact) mass is 428 g/mol. The van der Waals surface area contributed by atoms with Crippen molar-refractivity contribution in [3.8, 4) is 11.4 Å². The van der Waals surface area contributed by atoms with Gasteiger partial charge in [-0.1, -0.05) is 17.3 Å². The predicted octanol–water partition coefficient (Wildman–Crippen LogP) is 2.93. The Kier molecular flexibility index (Phi) is 7.03. The van der Waals surface area contributed by atoms with Gasteiger partial charge in [0.25, 0.3) is 0 Å². The number of halogens is 4. The van der Waals surface area contributed by atoms with Crippen LogP contribution >= 0.6 is 0 Å². The molecule has 0 aliphatic rings. The largest absolute Gasteiger partial charge is 0.490 e. The summed E-state index contributed by atoms with van der Waals surface area (Å²) in [5.41, 5.74) is 1.76. The van der Waals surface area contributed by atoms with Gasteiger partial charge < -0.3 is 9.63 Å². The van der Waals surface area contributed by atoms with Gasteiger partial charge in [0, 0.05) is 29.9 Å². The number of nitrogens with zero attached hydrogens (tertiary/aromatic N) is 4. The molecule has 0 radical (unpaired) electrons. The van der Waals surface area contributed by atoms with Gasteiger partial charge in [-0.05, 0) is 32.0 Å². The highest BCUT2D eigenvalue weighted by Crippen LogP contribution is 2.17. The van der Waals surface area contributed by atoms with E-state index in [1.54, 1.807) is 23.6 Å². The van der Waals surface area contributed by atoms with Crippen LogP contribution in [0.4, 0.5) is 17.6 Å². The van der Waals surface area contributed by atoms with Crippen LogP contribution in [0.5, 0.6) is 0 Å². The van der Waals surface area contributed by atoms with Crippen LogP contribution in [0, 0.1) is 19.7 Å². The van der Waals surface area contributed by atoms with Gasteiger partial charge in [0.05, 0.1) is 0 Å². The Balaban J connectivity index is 0.000000396. The van der Waals surface area contributed by atoms with Crippen molar-refractivity contribution in [1.29, 1.82) is 0 Å². The zero-order chi connectivity index (χ0) is 22.5. The van der Waals surface area contributed by atoms with E-state index in [-0.39, 0.29) is 11.5 Å². The summed E-state index contributed by atoms with van der Waals surface area (Å²) >= 11 is 0. The lowest BCUT2D eigenvalue weighted by Crippen LogP contribution is -2.26.